The number of aromatic amines is 1. The first kappa shape index (κ1) is 16.7. The molecule has 0 fully saturated rings. The van der Waals surface area contributed by atoms with Crippen LogP contribution in [0.3, 0.4) is 0 Å². The van der Waals surface area contributed by atoms with Crippen molar-refractivity contribution in [1.82, 2.24) is 15.3 Å². The molecule has 0 aliphatic rings. The normalized spacial score (nSPS) is 10.9. The summed E-state index contributed by atoms with van der Waals surface area (Å²) in [7, 11) is 0. The van der Waals surface area contributed by atoms with Crippen molar-refractivity contribution in [2.24, 2.45) is 0 Å². The lowest BCUT2D eigenvalue weighted by Crippen LogP contribution is -2.22. The first-order valence-electron chi connectivity index (χ1n) is 7.59. The second kappa shape index (κ2) is 7.59. The topological polar surface area (TPSA) is 74.8 Å². The summed E-state index contributed by atoms with van der Waals surface area (Å²) in [6.45, 7) is 0.417. The summed E-state index contributed by atoms with van der Waals surface area (Å²) in [6, 6.07) is 9.44. The van der Waals surface area contributed by atoms with E-state index >= 15 is 0 Å². The van der Waals surface area contributed by atoms with Crippen LogP contribution >= 0.6 is 22.9 Å². The van der Waals surface area contributed by atoms with Crippen molar-refractivity contribution in [3.8, 4) is 0 Å². The molecule has 1 amide bonds. The maximum Gasteiger partial charge on any atom is 0.259 e. The molecule has 24 heavy (non-hydrogen) atoms. The van der Waals surface area contributed by atoms with Gasteiger partial charge in [-0.2, -0.15) is 0 Å². The van der Waals surface area contributed by atoms with Crippen LogP contribution in [0, 0.1) is 0 Å². The predicted octanol–water partition coefficient (Wildman–Crippen LogP) is 3.28. The summed E-state index contributed by atoms with van der Waals surface area (Å²) in [5, 5.41) is 4.17. The van der Waals surface area contributed by atoms with Gasteiger partial charge in [0.25, 0.3) is 5.56 Å². The third-order valence-corrected chi connectivity index (χ3v) is 4.92. The largest absolute Gasteiger partial charge is 0.351 e. The number of rotatable bonds is 6. The maximum atomic E-state index is 11.9. The van der Waals surface area contributed by atoms with E-state index in [1.165, 1.54) is 23.2 Å². The number of fused-ring (bicyclic) bond motifs is 1. The second-order valence-electron chi connectivity index (χ2n) is 5.42. The van der Waals surface area contributed by atoms with Crippen LogP contribution in [-0.2, 0) is 17.8 Å². The minimum Gasteiger partial charge on any atom is -0.351 e. The molecule has 2 heterocycles. The highest BCUT2D eigenvalue weighted by molar-refractivity contribution is 7.18. The minimum atomic E-state index is -0.156. The Hall–Kier alpha value is -2.18. The van der Waals surface area contributed by atoms with Gasteiger partial charge < -0.3 is 10.3 Å². The van der Waals surface area contributed by atoms with Crippen molar-refractivity contribution in [1.29, 1.82) is 0 Å². The SMILES string of the molecule is O=C(CCCc1ccc(Cl)cc1)NCc1cc2c(=O)[nH]cnc2s1. The smallest absolute Gasteiger partial charge is 0.259 e. The summed E-state index contributed by atoms with van der Waals surface area (Å²) in [6.07, 6.45) is 3.47. The lowest BCUT2D eigenvalue weighted by molar-refractivity contribution is -0.121. The summed E-state index contributed by atoms with van der Waals surface area (Å²) in [4.78, 5) is 31.8. The van der Waals surface area contributed by atoms with Crippen LogP contribution in [0.1, 0.15) is 23.3 Å². The van der Waals surface area contributed by atoms with Crippen molar-refractivity contribution >= 4 is 39.1 Å². The Balaban J connectivity index is 1.47. The van der Waals surface area contributed by atoms with Gasteiger partial charge >= 0.3 is 0 Å². The van der Waals surface area contributed by atoms with Gasteiger partial charge in [0.1, 0.15) is 4.83 Å². The van der Waals surface area contributed by atoms with E-state index < -0.39 is 0 Å². The van der Waals surface area contributed by atoms with Crippen molar-refractivity contribution in [2.75, 3.05) is 0 Å². The van der Waals surface area contributed by atoms with E-state index in [2.05, 4.69) is 15.3 Å². The Morgan fingerprint density at radius 1 is 1.29 bits per heavy atom. The lowest BCUT2D eigenvalue weighted by atomic mass is 10.1. The molecule has 0 spiro atoms. The number of benzene rings is 1. The number of halogens is 1. The van der Waals surface area contributed by atoms with Gasteiger partial charge in [-0.15, -0.1) is 11.3 Å². The Kier molecular flexibility index (Phi) is 5.27. The van der Waals surface area contributed by atoms with Crippen molar-refractivity contribution < 1.29 is 4.79 Å². The molecule has 3 aromatic rings. The average Bonchev–Trinajstić information content (AvgIpc) is 2.99. The molecule has 2 N–H and O–H groups in total. The van der Waals surface area contributed by atoms with Crippen LogP contribution in [-0.4, -0.2) is 15.9 Å². The zero-order valence-corrected chi connectivity index (χ0v) is 14.4. The van der Waals surface area contributed by atoms with Crippen LogP contribution in [0.5, 0.6) is 0 Å². The number of hydrogen-bond donors (Lipinski definition) is 2. The zero-order chi connectivity index (χ0) is 16.9. The van der Waals surface area contributed by atoms with E-state index in [4.69, 9.17) is 11.6 Å². The van der Waals surface area contributed by atoms with Crippen LogP contribution in [0.2, 0.25) is 5.02 Å². The molecule has 7 heteroatoms. The molecule has 1 aromatic carbocycles. The van der Waals surface area contributed by atoms with Crippen LogP contribution in [0.15, 0.2) is 41.5 Å². The Morgan fingerprint density at radius 3 is 2.83 bits per heavy atom. The van der Waals surface area contributed by atoms with Crippen molar-refractivity contribution in [3.05, 3.63) is 62.5 Å². The molecular weight excluding hydrogens is 346 g/mol. The first-order valence-corrected chi connectivity index (χ1v) is 8.78. The van der Waals surface area contributed by atoms with Gasteiger partial charge in [0.05, 0.1) is 18.3 Å². The van der Waals surface area contributed by atoms with Gasteiger partial charge in [0, 0.05) is 16.3 Å². The lowest BCUT2D eigenvalue weighted by Gasteiger charge is -2.04. The fourth-order valence-corrected chi connectivity index (χ4v) is 3.44. The Labute approximate surface area is 147 Å². The molecule has 0 atom stereocenters. The Morgan fingerprint density at radius 2 is 2.08 bits per heavy atom. The van der Waals surface area contributed by atoms with Gasteiger partial charge in [0.2, 0.25) is 5.91 Å². The van der Waals surface area contributed by atoms with E-state index in [9.17, 15) is 9.59 Å². The third kappa shape index (κ3) is 4.21. The molecule has 0 aliphatic heterocycles. The molecule has 5 nitrogen and oxygen atoms in total. The van der Waals surface area contributed by atoms with Crippen LogP contribution in [0.4, 0.5) is 0 Å². The highest BCUT2D eigenvalue weighted by Crippen LogP contribution is 2.20. The van der Waals surface area contributed by atoms with E-state index in [-0.39, 0.29) is 11.5 Å². The molecular formula is C17H16ClN3O2S. The van der Waals surface area contributed by atoms with E-state index in [1.807, 2.05) is 24.3 Å². The summed E-state index contributed by atoms with van der Waals surface area (Å²) in [5.41, 5.74) is 1.01. The molecule has 3 rings (SSSR count). The molecule has 0 saturated heterocycles. The number of aryl methyl sites for hydroxylation is 1. The number of nitrogens with one attached hydrogen (secondary N) is 2. The van der Waals surface area contributed by atoms with Gasteiger partial charge in [-0.05, 0) is 36.6 Å². The fourth-order valence-electron chi connectivity index (χ4n) is 2.38. The molecule has 2 aromatic heterocycles. The number of amides is 1. The van der Waals surface area contributed by atoms with Gasteiger partial charge in [-0.1, -0.05) is 23.7 Å². The second-order valence-corrected chi connectivity index (χ2v) is 6.97. The van der Waals surface area contributed by atoms with E-state index in [0.29, 0.717) is 28.2 Å². The molecule has 0 unspecified atom stereocenters. The molecule has 124 valence electrons. The number of carbonyl (C=O) groups is 1. The van der Waals surface area contributed by atoms with E-state index in [0.717, 1.165) is 17.7 Å². The Bertz CT molecular complexity index is 902. The molecule has 0 bridgehead atoms. The third-order valence-electron chi connectivity index (χ3n) is 3.63. The quantitative estimate of drug-likeness (QED) is 0.707. The van der Waals surface area contributed by atoms with Gasteiger partial charge in [-0.3, -0.25) is 9.59 Å². The highest BCUT2D eigenvalue weighted by Gasteiger charge is 2.07. The average molecular weight is 362 g/mol. The van der Waals surface area contributed by atoms with Gasteiger partial charge in [-0.25, -0.2) is 4.98 Å². The zero-order valence-electron chi connectivity index (χ0n) is 12.8. The van der Waals surface area contributed by atoms with E-state index in [1.54, 1.807) is 6.07 Å². The predicted molar refractivity (Wildman–Crippen MR) is 96.5 cm³/mol. The van der Waals surface area contributed by atoms with Gasteiger partial charge in [0.15, 0.2) is 0 Å². The number of nitrogens with zero attached hydrogens (tertiary/aromatic N) is 1. The standard InChI is InChI=1S/C17H16ClN3O2S/c18-12-6-4-11(5-7-12)2-1-3-15(22)19-9-13-8-14-16(23)20-10-21-17(14)24-13/h4-8,10H,1-3,9H2,(H,19,22)(H,20,21,23). The van der Waals surface area contributed by atoms with Crippen LogP contribution in [0.25, 0.3) is 10.2 Å². The van der Waals surface area contributed by atoms with Crippen LogP contribution < -0.4 is 10.9 Å². The monoisotopic (exact) mass is 361 g/mol. The highest BCUT2D eigenvalue weighted by atomic mass is 35.5. The summed E-state index contributed by atoms with van der Waals surface area (Å²) in [5.74, 6) is 0.00304. The maximum absolute atomic E-state index is 11.9. The molecule has 0 aliphatic carbocycles. The molecule has 0 saturated carbocycles. The first-order chi connectivity index (χ1) is 11.6. The molecule has 0 radical (unpaired) electrons. The summed E-state index contributed by atoms with van der Waals surface area (Å²) < 4.78 is 0. The minimum absolute atomic E-state index is 0.00304. The van der Waals surface area contributed by atoms with Crippen molar-refractivity contribution in [2.45, 2.75) is 25.8 Å². The van der Waals surface area contributed by atoms with Crippen molar-refractivity contribution in [3.63, 3.8) is 0 Å². The fraction of sp³-hybridized carbons (Fsp3) is 0.235. The number of carbonyl (C=O) groups excluding carboxylic acids is 1. The number of thiophene rings is 1. The summed E-state index contributed by atoms with van der Waals surface area (Å²) >= 11 is 7.26. The number of H-pyrrole nitrogens is 1. The number of aromatic nitrogens is 2. The number of hydrogen-bond acceptors (Lipinski definition) is 4.